The normalized spacial score (nSPS) is 26.5. The zero-order valence-corrected chi connectivity index (χ0v) is 10.7. The van der Waals surface area contributed by atoms with Gasteiger partial charge in [-0.1, -0.05) is 11.3 Å². The molecule has 0 spiro atoms. The van der Waals surface area contributed by atoms with E-state index in [2.05, 4.69) is 15.6 Å². The summed E-state index contributed by atoms with van der Waals surface area (Å²) in [7, 11) is 0. The van der Waals surface area contributed by atoms with Crippen molar-refractivity contribution < 1.29 is 9.90 Å². The van der Waals surface area contributed by atoms with Crippen LogP contribution in [0.3, 0.4) is 0 Å². The first-order chi connectivity index (χ1) is 8.61. The minimum absolute atomic E-state index is 0.0637. The van der Waals surface area contributed by atoms with Gasteiger partial charge in [-0.15, -0.1) is 0 Å². The largest absolute Gasteiger partial charge is 0.393 e. The van der Waals surface area contributed by atoms with Gasteiger partial charge in [-0.3, -0.25) is 4.79 Å². The van der Waals surface area contributed by atoms with Crippen molar-refractivity contribution in [2.24, 2.45) is 0 Å². The van der Waals surface area contributed by atoms with Gasteiger partial charge in [0.1, 0.15) is 10.7 Å². The number of anilines is 2. The average molecular weight is 268 g/mol. The number of nitrogen functional groups attached to an aromatic ring is 1. The quantitative estimate of drug-likeness (QED) is 0.639. The first kappa shape index (κ1) is 11.7. The van der Waals surface area contributed by atoms with E-state index in [0.29, 0.717) is 28.9 Å². The number of rotatable bonds is 4. The van der Waals surface area contributed by atoms with Crippen molar-refractivity contribution >= 4 is 28.2 Å². The third-order valence-corrected chi connectivity index (χ3v) is 4.21. The van der Waals surface area contributed by atoms with E-state index in [1.54, 1.807) is 0 Å². The molecule has 98 valence electrons. The molecule has 0 unspecified atom stereocenters. The maximum Gasteiger partial charge on any atom is 0.265 e. The van der Waals surface area contributed by atoms with Gasteiger partial charge in [0.05, 0.1) is 6.10 Å². The number of carbonyl (C=O) groups is 1. The van der Waals surface area contributed by atoms with Crippen LogP contribution in [0.25, 0.3) is 0 Å². The van der Waals surface area contributed by atoms with Crippen LogP contribution in [-0.4, -0.2) is 34.2 Å². The summed E-state index contributed by atoms with van der Waals surface area (Å²) in [5.41, 5.74) is 5.75. The zero-order chi connectivity index (χ0) is 12.7. The van der Waals surface area contributed by atoms with Gasteiger partial charge >= 0.3 is 0 Å². The molecule has 1 heterocycles. The topological polar surface area (TPSA) is 100 Å². The van der Waals surface area contributed by atoms with Crippen LogP contribution in [0.4, 0.5) is 10.9 Å². The van der Waals surface area contributed by atoms with Crippen LogP contribution in [-0.2, 0) is 0 Å². The van der Waals surface area contributed by atoms with Gasteiger partial charge in [0, 0.05) is 12.1 Å². The molecule has 2 aliphatic carbocycles. The fourth-order valence-corrected chi connectivity index (χ4v) is 2.78. The Balaban J connectivity index is 1.62. The van der Waals surface area contributed by atoms with Crippen molar-refractivity contribution in [1.29, 1.82) is 0 Å². The molecule has 2 aliphatic rings. The Morgan fingerprint density at radius 2 is 2.11 bits per heavy atom. The number of nitrogens with zero attached hydrogens (tertiary/aromatic N) is 1. The van der Waals surface area contributed by atoms with Gasteiger partial charge < -0.3 is 21.5 Å². The van der Waals surface area contributed by atoms with E-state index in [9.17, 15) is 9.90 Å². The maximum atomic E-state index is 12.0. The predicted molar refractivity (Wildman–Crippen MR) is 69.7 cm³/mol. The van der Waals surface area contributed by atoms with Crippen LogP contribution in [0.1, 0.15) is 35.4 Å². The molecule has 0 radical (unpaired) electrons. The summed E-state index contributed by atoms with van der Waals surface area (Å²) in [5, 5.41) is 16.0. The Morgan fingerprint density at radius 1 is 1.39 bits per heavy atom. The fourth-order valence-electron chi connectivity index (χ4n) is 1.92. The Kier molecular flexibility index (Phi) is 2.87. The average Bonchev–Trinajstić information content (AvgIpc) is 2.99. The Hall–Kier alpha value is -1.34. The Bertz CT molecular complexity index is 466. The Morgan fingerprint density at radius 3 is 2.72 bits per heavy atom. The third kappa shape index (κ3) is 2.41. The molecule has 2 saturated carbocycles. The Labute approximate surface area is 109 Å². The van der Waals surface area contributed by atoms with Crippen molar-refractivity contribution in [2.45, 2.75) is 43.9 Å². The first-order valence-electron chi connectivity index (χ1n) is 6.13. The number of nitrogens with one attached hydrogen (secondary N) is 2. The summed E-state index contributed by atoms with van der Waals surface area (Å²) in [6, 6.07) is 0.557. The van der Waals surface area contributed by atoms with Crippen LogP contribution < -0.4 is 16.4 Å². The fraction of sp³-hybridized carbons (Fsp3) is 0.636. The van der Waals surface area contributed by atoms with E-state index < -0.39 is 0 Å². The molecule has 0 atom stereocenters. The second-order valence-electron chi connectivity index (χ2n) is 4.95. The van der Waals surface area contributed by atoms with Gasteiger partial charge in [0.2, 0.25) is 0 Å². The third-order valence-electron chi connectivity index (χ3n) is 3.21. The number of aliphatic hydroxyl groups is 1. The summed E-state index contributed by atoms with van der Waals surface area (Å²) < 4.78 is 0. The van der Waals surface area contributed by atoms with Crippen LogP contribution in [0.5, 0.6) is 0 Å². The van der Waals surface area contributed by atoms with Crippen molar-refractivity contribution in [1.82, 2.24) is 10.3 Å². The van der Waals surface area contributed by atoms with Crippen LogP contribution in [0.15, 0.2) is 0 Å². The standard InChI is InChI=1S/C11H16N4O2S/c12-9-8(10(17)13-6-3-7(16)4-6)18-11(15-9)14-5-1-2-5/h5-7,16H,1-4,12H2,(H,13,17)(H,14,15). The molecule has 1 aromatic rings. The minimum atomic E-state index is -0.277. The predicted octanol–water partition coefficient (Wildman–Crippen LogP) is 0.553. The minimum Gasteiger partial charge on any atom is -0.393 e. The molecule has 6 nitrogen and oxygen atoms in total. The number of hydrogen-bond donors (Lipinski definition) is 4. The van der Waals surface area contributed by atoms with Crippen molar-refractivity contribution in [3.63, 3.8) is 0 Å². The lowest BCUT2D eigenvalue weighted by Gasteiger charge is -2.31. The molecule has 2 fully saturated rings. The highest BCUT2D eigenvalue weighted by molar-refractivity contribution is 7.18. The zero-order valence-electron chi connectivity index (χ0n) is 9.85. The van der Waals surface area contributed by atoms with Gasteiger partial charge in [0.15, 0.2) is 5.13 Å². The summed E-state index contributed by atoms with van der Waals surface area (Å²) in [6.45, 7) is 0. The van der Waals surface area contributed by atoms with Crippen molar-refractivity contribution in [3.05, 3.63) is 4.88 Å². The summed E-state index contributed by atoms with van der Waals surface area (Å²) in [6.07, 6.45) is 3.28. The van der Waals surface area contributed by atoms with Gasteiger partial charge in [-0.05, 0) is 25.7 Å². The molecule has 1 amide bonds. The highest BCUT2D eigenvalue weighted by atomic mass is 32.1. The van der Waals surface area contributed by atoms with E-state index in [1.807, 2.05) is 0 Å². The summed E-state index contributed by atoms with van der Waals surface area (Å²) in [5.74, 6) is 0.0891. The molecule has 18 heavy (non-hydrogen) atoms. The van der Waals surface area contributed by atoms with Gasteiger partial charge in [-0.2, -0.15) is 0 Å². The van der Waals surface area contributed by atoms with E-state index in [0.717, 1.165) is 12.8 Å². The number of hydrogen-bond acceptors (Lipinski definition) is 6. The van der Waals surface area contributed by atoms with Gasteiger partial charge in [-0.25, -0.2) is 4.98 Å². The van der Waals surface area contributed by atoms with E-state index in [1.165, 1.54) is 11.3 Å². The van der Waals surface area contributed by atoms with Crippen molar-refractivity contribution in [3.8, 4) is 0 Å². The molecular weight excluding hydrogens is 252 g/mol. The summed E-state index contributed by atoms with van der Waals surface area (Å²) >= 11 is 1.29. The van der Waals surface area contributed by atoms with Crippen LogP contribution >= 0.6 is 11.3 Å². The number of aromatic nitrogens is 1. The molecule has 5 N–H and O–H groups in total. The molecule has 0 saturated heterocycles. The second kappa shape index (κ2) is 4.40. The molecule has 7 heteroatoms. The first-order valence-corrected chi connectivity index (χ1v) is 6.95. The van der Waals surface area contributed by atoms with Crippen LogP contribution in [0.2, 0.25) is 0 Å². The summed E-state index contributed by atoms with van der Waals surface area (Å²) in [4.78, 5) is 16.6. The number of nitrogens with two attached hydrogens (primary N) is 1. The lowest BCUT2D eigenvalue weighted by Crippen LogP contribution is -2.46. The number of aliphatic hydroxyl groups excluding tert-OH is 1. The van der Waals surface area contributed by atoms with E-state index in [4.69, 9.17) is 5.73 Å². The molecule has 3 rings (SSSR count). The molecule has 1 aromatic heterocycles. The molecule has 0 bridgehead atoms. The monoisotopic (exact) mass is 268 g/mol. The van der Waals surface area contributed by atoms with E-state index in [-0.39, 0.29) is 23.9 Å². The van der Waals surface area contributed by atoms with Crippen molar-refractivity contribution in [2.75, 3.05) is 11.1 Å². The van der Waals surface area contributed by atoms with Crippen LogP contribution in [0, 0.1) is 0 Å². The van der Waals surface area contributed by atoms with Gasteiger partial charge in [0.25, 0.3) is 5.91 Å². The highest BCUT2D eigenvalue weighted by Crippen LogP contribution is 2.31. The number of thiazole rings is 1. The molecular formula is C11H16N4O2S. The molecule has 0 aliphatic heterocycles. The SMILES string of the molecule is Nc1nc(NC2CC2)sc1C(=O)NC1CC(O)C1. The lowest BCUT2D eigenvalue weighted by atomic mass is 9.89. The lowest BCUT2D eigenvalue weighted by molar-refractivity contribution is 0.0565. The molecule has 0 aromatic carbocycles. The smallest absolute Gasteiger partial charge is 0.265 e. The second-order valence-corrected chi connectivity index (χ2v) is 5.95. The van der Waals surface area contributed by atoms with E-state index >= 15 is 0 Å². The maximum absolute atomic E-state index is 12.0. The number of carbonyl (C=O) groups excluding carboxylic acids is 1. The number of amides is 1. The highest BCUT2D eigenvalue weighted by Gasteiger charge is 2.30.